The molecule has 4 aromatic rings. The normalized spacial score (nSPS) is 16.0. The van der Waals surface area contributed by atoms with E-state index in [2.05, 4.69) is 9.80 Å². The molecular weight excluding hydrogens is 568 g/mol. The molecule has 9 nitrogen and oxygen atoms in total. The maximum Gasteiger partial charge on any atom is 0.249 e. The Bertz CT molecular complexity index is 1550. The molecular formula is C36H38N4O5. The van der Waals surface area contributed by atoms with Crippen molar-refractivity contribution in [2.24, 2.45) is 11.5 Å². The summed E-state index contributed by atoms with van der Waals surface area (Å²) in [7, 11) is 0. The summed E-state index contributed by atoms with van der Waals surface area (Å²) in [4.78, 5) is 28.9. The lowest BCUT2D eigenvalue weighted by Crippen LogP contribution is -2.35. The van der Waals surface area contributed by atoms with E-state index in [4.69, 9.17) is 16.2 Å². The Morgan fingerprint density at radius 3 is 1.27 bits per heavy atom. The van der Waals surface area contributed by atoms with E-state index in [0.717, 1.165) is 59.8 Å². The van der Waals surface area contributed by atoms with Gasteiger partial charge < -0.3 is 36.2 Å². The molecule has 2 saturated heterocycles. The van der Waals surface area contributed by atoms with E-state index < -0.39 is 11.8 Å². The lowest BCUT2D eigenvalue weighted by atomic mass is 9.97. The molecule has 232 valence electrons. The summed E-state index contributed by atoms with van der Waals surface area (Å²) < 4.78 is 6.13. The van der Waals surface area contributed by atoms with E-state index in [-0.39, 0.29) is 12.2 Å². The second-order valence-corrected chi connectivity index (χ2v) is 11.8. The fraction of sp³-hybridized carbons (Fsp3) is 0.278. The predicted molar refractivity (Wildman–Crippen MR) is 176 cm³/mol. The number of aliphatic hydroxyl groups excluding tert-OH is 2. The van der Waals surface area contributed by atoms with Gasteiger partial charge in [0.1, 0.15) is 11.5 Å². The number of anilines is 2. The molecule has 0 radical (unpaired) electrons. The third-order valence-electron chi connectivity index (χ3n) is 8.76. The Kier molecular flexibility index (Phi) is 8.73. The first-order chi connectivity index (χ1) is 21.7. The fourth-order valence-electron chi connectivity index (χ4n) is 6.15. The number of nitrogens with two attached hydrogens (primary N) is 2. The van der Waals surface area contributed by atoms with Gasteiger partial charge in [-0.3, -0.25) is 9.59 Å². The minimum Gasteiger partial charge on any atom is -0.457 e. The highest BCUT2D eigenvalue weighted by Gasteiger charge is 2.21. The van der Waals surface area contributed by atoms with Crippen molar-refractivity contribution < 1.29 is 24.5 Å². The fourth-order valence-corrected chi connectivity index (χ4v) is 6.15. The largest absolute Gasteiger partial charge is 0.457 e. The number of carbonyl (C=O) groups excluding carboxylic acids is 2. The number of hydrogen-bond acceptors (Lipinski definition) is 7. The van der Waals surface area contributed by atoms with E-state index in [1.807, 2.05) is 72.8 Å². The number of piperidine rings is 2. The second kappa shape index (κ2) is 13.0. The predicted octanol–water partition coefficient (Wildman–Crippen LogP) is 4.93. The van der Waals surface area contributed by atoms with Crippen LogP contribution in [-0.4, -0.2) is 60.4 Å². The van der Waals surface area contributed by atoms with Gasteiger partial charge in [0.25, 0.3) is 0 Å². The average Bonchev–Trinajstić information content (AvgIpc) is 3.05. The molecule has 0 unspecified atom stereocenters. The molecule has 0 bridgehead atoms. The van der Waals surface area contributed by atoms with Crippen LogP contribution in [-0.2, 0) is 0 Å². The Balaban J connectivity index is 1.20. The molecule has 2 amide bonds. The van der Waals surface area contributed by atoms with Crippen LogP contribution in [0.2, 0.25) is 0 Å². The van der Waals surface area contributed by atoms with Crippen molar-refractivity contribution in [1.82, 2.24) is 0 Å². The van der Waals surface area contributed by atoms with Crippen LogP contribution in [0.15, 0.2) is 84.9 Å². The van der Waals surface area contributed by atoms with Gasteiger partial charge in [-0.05, 0) is 109 Å². The topological polar surface area (TPSA) is 142 Å². The van der Waals surface area contributed by atoms with Crippen molar-refractivity contribution in [3.63, 3.8) is 0 Å². The molecule has 0 aromatic heterocycles. The van der Waals surface area contributed by atoms with Gasteiger partial charge >= 0.3 is 0 Å². The van der Waals surface area contributed by atoms with Crippen LogP contribution in [0.3, 0.4) is 0 Å². The molecule has 0 atom stereocenters. The Labute approximate surface area is 262 Å². The van der Waals surface area contributed by atoms with Gasteiger partial charge in [0.05, 0.1) is 12.2 Å². The summed E-state index contributed by atoms with van der Waals surface area (Å²) in [5, 5.41) is 19.8. The molecule has 4 aromatic carbocycles. The number of benzene rings is 4. The quantitative estimate of drug-likeness (QED) is 0.223. The highest BCUT2D eigenvalue weighted by Crippen LogP contribution is 2.34. The number of amides is 2. The molecule has 0 saturated carbocycles. The number of aliphatic hydroxyl groups is 2. The van der Waals surface area contributed by atoms with Crippen molar-refractivity contribution in [3.8, 4) is 33.8 Å². The number of primary amides is 2. The van der Waals surface area contributed by atoms with E-state index in [1.54, 1.807) is 12.1 Å². The first-order valence-corrected chi connectivity index (χ1v) is 15.4. The molecule has 0 spiro atoms. The molecule has 2 fully saturated rings. The van der Waals surface area contributed by atoms with Gasteiger partial charge in [0.15, 0.2) is 0 Å². The second-order valence-electron chi connectivity index (χ2n) is 11.8. The van der Waals surface area contributed by atoms with Crippen LogP contribution in [0.4, 0.5) is 11.4 Å². The highest BCUT2D eigenvalue weighted by atomic mass is 16.5. The van der Waals surface area contributed by atoms with Crippen molar-refractivity contribution in [1.29, 1.82) is 0 Å². The Hall–Kier alpha value is -4.86. The van der Waals surface area contributed by atoms with Crippen LogP contribution < -0.4 is 26.0 Å². The molecule has 2 aliphatic rings. The third-order valence-corrected chi connectivity index (χ3v) is 8.76. The third kappa shape index (κ3) is 6.79. The lowest BCUT2D eigenvalue weighted by molar-refractivity contribution is 0.0992. The zero-order chi connectivity index (χ0) is 31.5. The van der Waals surface area contributed by atoms with Gasteiger partial charge in [-0.2, -0.15) is 0 Å². The minimum atomic E-state index is -0.495. The van der Waals surface area contributed by atoms with Gasteiger partial charge in [0.2, 0.25) is 11.8 Å². The summed E-state index contributed by atoms with van der Waals surface area (Å²) in [6.45, 7) is 3.00. The van der Waals surface area contributed by atoms with Crippen molar-refractivity contribution in [2.45, 2.75) is 37.9 Å². The van der Waals surface area contributed by atoms with Crippen molar-refractivity contribution in [3.05, 3.63) is 96.1 Å². The summed E-state index contributed by atoms with van der Waals surface area (Å²) in [5.74, 6) is 0.261. The number of rotatable bonds is 8. The molecule has 9 heteroatoms. The summed E-state index contributed by atoms with van der Waals surface area (Å²) in [6.07, 6.45) is 2.31. The summed E-state index contributed by atoms with van der Waals surface area (Å²) in [5.41, 5.74) is 17.5. The van der Waals surface area contributed by atoms with Crippen LogP contribution in [0.1, 0.15) is 46.4 Å². The monoisotopic (exact) mass is 606 g/mol. The van der Waals surface area contributed by atoms with Gasteiger partial charge in [-0.1, -0.05) is 24.3 Å². The zero-order valence-corrected chi connectivity index (χ0v) is 25.1. The first-order valence-electron chi connectivity index (χ1n) is 15.4. The van der Waals surface area contributed by atoms with Gasteiger partial charge in [-0.25, -0.2) is 0 Å². The number of hydrogen-bond donors (Lipinski definition) is 4. The van der Waals surface area contributed by atoms with Gasteiger partial charge in [-0.15, -0.1) is 0 Å². The molecule has 2 aliphatic heterocycles. The van der Waals surface area contributed by atoms with E-state index in [9.17, 15) is 19.8 Å². The molecule has 6 N–H and O–H groups in total. The summed E-state index contributed by atoms with van der Waals surface area (Å²) >= 11 is 0. The standard InChI is InChI=1S/C36H38N4O5/c37-35(43)31-11-5-25(39-17-13-27(41)14-18-39)21-33(31)23-1-7-29(8-2-23)45-30-9-3-24(4-10-30)34-22-26(6-12-32(34)36(38)44)40-19-15-28(42)16-20-40/h1-12,21-22,27-28,41-42H,13-20H2,(H2,37,43)(H2,38,44). The van der Waals surface area contributed by atoms with Crippen LogP contribution >= 0.6 is 0 Å². The zero-order valence-electron chi connectivity index (χ0n) is 25.1. The first kappa shape index (κ1) is 30.2. The summed E-state index contributed by atoms with van der Waals surface area (Å²) in [6, 6.07) is 26.3. The number of nitrogens with zero attached hydrogens (tertiary/aromatic N) is 2. The molecule has 45 heavy (non-hydrogen) atoms. The Morgan fingerprint density at radius 1 is 0.578 bits per heavy atom. The minimum absolute atomic E-state index is 0.269. The highest BCUT2D eigenvalue weighted by molar-refractivity contribution is 6.01. The number of carbonyl (C=O) groups is 2. The maximum atomic E-state index is 12.2. The molecule has 2 heterocycles. The number of ether oxygens (including phenoxy) is 1. The van der Waals surface area contributed by atoms with Gasteiger partial charge in [0, 0.05) is 48.7 Å². The molecule has 0 aliphatic carbocycles. The average molecular weight is 607 g/mol. The van der Waals surface area contributed by atoms with Crippen LogP contribution in [0.25, 0.3) is 22.3 Å². The molecule has 6 rings (SSSR count). The maximum absolute atomic E-state index is 12.2. The van der Waals surface area contributed by atoms with E-state index in [1.165, 1.54) is 0 Å². The van der Waals surface area contributed by atoms with Crippen LogP contribution in [0, 0.1) is 0 Å². The van der Waals surface area contributed by atoms with Crippen LogP contribution in [0.5, 0.6) is 11.5 Å². The van der Waals surface area contributed by atoms with Crippen molar-refractivity contribution >= 4 is 23.2 Å². The SMILES string of the molecule is NC(=O)c1ccc(N2CCC(O)CC2)cc1-c1ccc(Oc2ccc(-c3cc(N4CCC(O)CC4)ccc3C(N)=O)cc2)cc1. The smallest absolute Gasteiger partial charge is 0.249 e. The lowest BCUT2D eigenvalue weighted by Gasteiger charge is -2.32. The Morgan fingerprint density at radius 2 is 0.933 bits per heavy atom. The van der Waals surface area contributed by atoms with Crippen molar-refractivity contribution in [2.75, 3.05) is 36.0 Å². The van der Waals surface area contributed by atoms with E-state index >= 15 is 0 Å². The van der Waals surface area contributed by atoms with E-state index in [0.29, 0.717) is 48.3 Å².